The SMILES string of the molecule is CCOC(=O)c1nccc(Cl)c1N. The van der Waals surface area contributed by atoms with Gasteiger partial charge in [0, 0.05) is 6.20 Å². The number of pyridine rings is 1. The van der Waals surface area contributed by atoms with Crippen molar-refractivity contribution in [2.45, 2.75) is 6.92 Å². The van der Waals surface area contributed by atoms with Crippen molar-refractivity contribution >= 4 is 23.3 Å². The summed E-state index contributed by atoms with van der Waals surface area (Å²) in [7, 11) is 0. The van der Waals surface area contributed by atoms with Gasteiger partial charge in [0.1, 0.15) is 0 Å². The van der Waals surface area contributed by atoms with Gasteiger partial charge in [0.15, 0.2) is 5.69 Å². The number of hydrogen-bond acceptors (Lipinski definition) is 4. The topological polar surface area (TPSA) is 65.2 Å². The first-order valence-corrected chi connectivity index (χ1v) is 4.11. The van der Waals surface area contributed by atoms with Crippen LogP contribution in [0.15, 0.2) is 12.3 Å². The molecular weight excluding hydrogens is 192 g/mol. The van der Waals surface area contributed by atoms with Crippen LogP contribution in [-0.2, 0) is 4.74 Å². The highest BCUT2D eigenvalue weighted by Gasteiger charge is 2.13. The summed E-state index contributed by atoms with van der Waals surface area (Å²) >= 11 is 5.69. The number of aromatic nitrogens is 1. The lowest BCUT2D eigenvalue weighted by molar-refractivity contribution is 0.0521. The van der Waals surface area contributed by atoms with Gasteiger partial charge in [-0.05, 0) is 13.0 Å². The fraction of sp³-hybridized carbons (Fsp3) is 0.250. The van der Waals surface area contributed by atoms with Gasteiger partial charge in [-0.15, -0.1) is 0 Å². The largest absolute Gasteiger partial charge is 0.461 e. The molecule has 0 aromatic carbocycles. The standard InChI is InChI=1S/C8H9ClN2O2/c1-2-13-8(12)7-6(10)5(9)3-4-11-7/h3-4H,2,10H2,1H3. The number of nitrogen functional groups attached to an aromatic ring is 1. The molecule has 5 heteroatoms. The highest BCUT2D eigenvalue weighted by atomic mass is 35.5. The van der Waals surface area contributed by atoms with Crippen molar-refractivity contribution in [2.24, 2.45) is 0 Å². The third-order valence-electron chi connectivity index (χ3n) is 1.41. The zero-order valence-corrected chi connectivity index (χ0v) is 7.84. The monoisotopic (exact) mass is 200 g/mol. The van der Waals surface area contributed by atoms with Gasteiger partial charge in [0.05, 0.1) is 17.3 Å². The molecule has 0 unspecified atom stereocenters. The Bertz CT molecular complexity index is 328. The van der Waals surface area contributed by atoms with Crippen LogP contribution in [0.5, 0.6) is 0 Å². The van der Waals surface area contributed by atoms with Gasteiger partial charge in [0.25, 0.3) is 0 Å². The van der Waals surface area contributed by atoms with Gasteiger partial charge in [-0.3, -0.25) is 0 Å². The second kappa shape index (κ2) is 4.09. The maximum atomic E-state index is 11.2. The van der Waals surface area contributed by atoms with Gasteiger partial charge >= 0.3 is 5.97 Å². The van der Waals surface area contributed by atoms with Crippen molar-refractivity contribution in [1.82, 2.24) is 4.98 Å². The summed E-state index contributed by atoms with van der Waals surface area (Å²) < 4.78 is 4.72. The quantitative estimate of drug-likeness (QED) is 0.735. The average Bonchev–Trinajstić information content (AvgIpc) is 2.10. The molecule has 0 amide bonds. The van der Waals surface area contributed by atoms with Crippen LogP contribution < -0.4 is 5.73 Å². The Morgan fingerprint density at radius 3 is 3.08 bits per heavy atom. The highest BCUT2D eigenvalue weighted by molar-refractivity contribution is 6.33. The number of ether oxygens (including phenoxy) is 1. The maximum absolute atomic E-state index is 11.2. The first kappa shape index (κ1) is 9.80. The van der Waals surface area contributed by atoms with Crippen molar-refractivity contribution in [3.05, 3.63) is 23.0 Å². The number of anilines is 1. The van der Waals surface area contributed by atoms with E-state index in [0.29, 0.717) is 5.02 Å². The molecule has 1 heterocycles. The van der Waals surface area contributed by atoms with E-state index in [-0.39, 0.29) is 18.0 Å². The lowest BCUT2D eigenvalue weighted by Crippen LogP contribution is -2.10. The van der Waals surface area contributed by atoms with E-state index < -0.39 is 5.97 Å². The van der Waals surface area contributed by atoms with E-state index in [4.69, 9.17) is 22.1 Å². The summed E-state index contributed by atoms with van der Waals surface area (Å²) in [6, 6.07) is 1.51. The fourth-order valence-electron chi connectivity index (χ4n) is 0.812. The minimum Gasteiger partial charge on any atom is -0.461 e. The number of hydrogen-bond donors (Lipinski definition) is 1. The molecular formula is C8H9ClN2O2. The summed E-state index contributed by atoms with van der Waals surface area (Å²) in [6.45, 7) is 1.99. The Balaban J connectivity index is 3.01. The van der Waals surface area contributed by atoms with Crippen molar-refractivity contribution in [2.75, 3.05) is 12.3 Å². The van der Waals surface area contributed by atoms with Crippen LogP contribution in [0.4, 0.5) is 5.69 Å². The Morgan fingerprint density at radius 2 is 2.46 bits per heavy atom. The van der Waals surface area contributed by atoms with Crippen LogP contribution >= 0.6 is 11.6 Å². The van der Waals surface area contributed by atoms with Crippen LogP contribution in [0.3, 0.4) is 0 Å². The molecule has 1 aromatic heterocycles. The summed E-state index contributed by atoms with van der Waals surface area (Å²) in [5, 5.41) is 0.304. The second-order valence-electron chi connectivity index (χ2n) is 2.28. The fourth-order valence-corrected chi connectivity index (χ4v) is 0.958. The number of carbonyl (C=O) groups excluding carboxylic acids is 1. The van der Waals surface area contributed by atoms with Crippen LogP contribution in [-0.4, -0.2) is 17.6 Å². The van der Waals surface area contributed by atoms with E-state index in [2.05, 4.69) is 4.98 Å². The smallest absolute Gasteiger partial charge is 0.359 e. The Morgan fingerprint density at radius 1 is 1.77 bits per heavy atom. The summed E-state index contributed by atoms with van der Waals surface area (Å²) in [4.78, 5) is 15.0. The molecule has 0 fully saturated rings. The Labute approximate surface area is 80.7 Å². The molecule has 4 nitrogen and oxygen atoms in total. The molecule has 0 aliphatic carbocycles. The molecule has 0 radical (unpaired) electrons. The zero-order chi connectivity index (χ0) is 9.84. The van der Waals surface area contributed by atoms with E-state index in [1.807, 2.05) is 0 Å². The third kappa shape index (κ3) is 2.09. The summed E-state index contributed by atoms with van der Waals surface area (Å²) in [5.41, 5.74) is 5.74. The number of nitrogens with zero attached hydrogens (tertiary/aromatic N) is 1. The van der Waals surface area contributed by atoms with Crippen LogP contribution in [0.1, 0.15) is 17.4 Å². The van der Waals surface area contributed by atoms with Gasteiger partial charge in [-0.2, -0.15) is 0 Å². The number of halogens is 1. The molecule has 0 bridgehead atoms. The van der Waals surface area contributed by atoms with Gasteiger partial charge < -0.3 is 10.5 Å². The molecule has 13 heavy (non-hydrogen) atoms. The van der Waals surface area contributed by atoms with Crippen molar-refractivity contribution in [3.63, 3.8) is 0 Å². The first-order valence-electron chi connectivity index (χ1n) is 3.74. The molecule has 0 atom stereocenters. The lowest BCUT2D eigenvalue weighted by atomic mass is 10.3. The van der Waals surface area contributed by atoms with Crippen LogP contribution in [0.2, 0.25) is 5.02 Å². The first-order chi connectivity index (χ1) is 6.16. The van der Waals surface area contributed by atoms with E-state index in [1.165, 1.54) is 12.3 Å². The second-order valence-corrected chi connectivity index (χ2v) is 2.68. The normalized spacial score (nSPS) is 9.69. The molecule has 2 N–H and O–H groups in total. The van der Waals surface area contributed by atoms with E-state index in [0.717, 1.165) is 0 Å². The zero-order valence-electron chi connectivity index (χ0n) is 7.08. The molecule has 0 aliphatic heterocycles. The Hall–Kier alpha value is -1.29. The van der Waals surface area contributed by atoms with E-state index in [9.17, 15) is 4.79 Å². The summed E-state index contributed by atoms with van der Waals surface area (Å²) in [5.74, 6) is -0.553. The third-order valence-corrected chi connectivity index (χ3v) is 1.74. The van der Waals surface area contributed by atoms with Gasteiger partial charge in [-0.1, -0.05) is 11.6 Å². The molecule has 0 saturated heterocycles. The van der Waals surface area contributed by atoms with Gasteiger partial charge in [0.2, 0.25) is 0 Å². The predicted molar refractivity (Wildman–Crippen MR) is 49.6 cm³/mol. The molecule has 1 aromatic rings. The van der Waals surface area contributed by atoms with Crippen LogP contribution in [0.25, 0.3) is 0 Å². The highest BCUT2D eigenvalue weighted by Crippen LogP contribution is 2.20. The molecule has 1 rings (SSSR count). The molecule has 0 saturated carbocycles. The maximum Gasteiger partial charge on any atom is 0.359 e. The lowest BCUT2D eigenvalue weighted by Gasteiger charge is -2.04. The number of rotatable bonds is 2. The van der Waals surface area contributed by atoms with Gasteiger partial charge in [-0.25, -0.2) is 9.78 Å². The minimum atomic E-state index is -0.553. The Kier molecular flexibility index (Phi) is 3.08. The average molecular weight is 201 g/mol. The molecule has 70 valence electrons. The number of nitrogens with two attached hydrogens (primary N) is 1. The van der Waals surface area contributed by atoms with E-state index in [1.54, 1.807) is 6.92 Å². The van der Waals surface area contributed by atoms with Crippen LogP contribution in [0, 0.1) is 0 Å². The number of carbonyl (C=O) groups is 1. The van der Waals surface area contributed by atoms with E-state index >= 15 is 0 Å². The molecule has 0 spiro atoms. The number of esters is 1. The van der Waals surface area contributed by atoms with Crippen molar-refractivity contribution in [1.29, 1.82) is 0 Å². The minimum absolute atomic E-state index is 0.0642. The summed E-state index contributed by atoms with van der Waals surface area (Å²) in [6.07, 6.45) is 1.41. The predicted octanol–water partition coefficient (Wildman–Crippen LogP) is 1.49. The molecule has 0 aliphatic rings. The van der Waals surface area contributed by atoms with Crippen molar-refractivity contribution < 1.29 is 9.53 Å². The van der Waals surface area contributed by atoms with Crippen molar-refractivity contribution in [3.8, 4) is 0 Å².